The number of hydrogen-bond acceptors (Lipinski definition) is 5. The highest BCUT2D eigenvalue weighted by Crippen LogP contribution is 2.26. The third-order valence-electron chi connectivity index (χ3n) is 2.04. The summed E-state index contributed by atoms with van der Waals surface area (Å²) in [5, 5.41) is 2.69. The molecular weight excluding hydrogens is 293 g/mol. The Morgan fingerprint density at radius 1 is 1.38 bits per heavy atom. The Morgan fingerprint density at radius 2 is 2.12 bits per heavy atom. The Labute approximate surface area is 106 Å². The van der Waals surface area contributed by atoms with Gasteiger partial charge in [0.05, 0.1) is 0 Å². The zero-order valence-electron chi connectivity index (χ0n) is 8.11. The van der Waals surface area contributed by atoms with Crippen LogP contribution in [0.2, 0.25) is 0 Å². The van der Waals surface area contributed by atoms with Crippen molar-refractivity contribution in [3.05, 3.63) is 34.3 Å². The first kappa shape index (κ1) is 11.4. The van der Waals surface area contributed by atoms with E-state index >= 15 is 0 Å². The maximum atomic E-state index is 6.03. The number of amidine groups is 1. The molecule has 0 fully saturated rings. The summed E-state index contributed by atoms with van der Waals surface area (Å²) in [6, 6.07) is 7.34. The number of halogens is 2. The van der Waals surface area contributed by atoms with Gasteiger partial charge in [0.25, 0.3) is 0 Å². The maximum Gasteiger partial charge on any atom is 0.235 e. The van der Waals surface area contributed by atoms with Crippen LogP contribution in [-0.4, -0.2) is 11.3 Å². The molecule has 16 heavy (non-hydrogen) atoms. The summed E-state index contributed by atoms with van der Waals surface area (Å²) in [6.45, 7) is 0. The quantitative estimate of drug-likeness (QED) is 0.677. The Kier molecular flexibility index (Phi) is 2.88. The van der Waals surface area contributed by atoms with E-state index in [1.165, 1.54) is 0 Å². The van der Waals surface area contributed by atoms with Crippen molar-refractivity contribution in [2.45, 2.75) is 5.79 Å². The second-order valence-electron chi connectivity index (χ2n) is 3.26. The number of nitrogens with one attached hydrogen (secondary N) is 1. The largest absolute Gasteiger partial charge is 0.370 e. The van der Waals surface area contributed by atoms with E-state index in [2.05, 4.69) is 31.2 Å². The Bertz CT molecular complexity index is 467. The molecule has 0 radical (unpaired) electrons. The molecule has 0 saturated carbocycles. The number of nitrogens with two attached hydrogens (primary N) is 2. The van der Waals surface area contributed by atoms with Gasteiger partial charge in [-0.05, 0) is 23.7 Å². The molecule has 1 aliphatic rings. The highest BCUT2D eigenvalue weighted by atomic mass is 79.9. The first-order valence-electron chi connectivity index (χ1n) is 4.42. The summed E-state index contributed by atoms with van der Waals surface area (Å²) in [5.74, 6) is -1.13. The molecule has 1 aliphatic heterocycles. The standard InChI is InChI=1S/C9H9BrClN5/c10-6-3-1-2-5(4-6)9(13)15-7(11)14-8(12)16-9/h1-4H,13H2,(H3,12,14,15,16). The van der Waals surface area contributed by atoms with Crippen LogP contribution in [0.15, 0.2) is 38.7 Å². The van der Waals surface area contributed by atoms with Crippen LogP contribution >= 0.6 is 27.5 Å². The van der Waals surface area contributed by atoms with Crippen molar-refractivity contribution in [2.75, 3.05) is 0 Å². The van der Waals surface area contributed by atoms with E-state index in [4.69, 9.17) is 23.1 Å². The number of guanidine groups is 1. The van der Waals surface area contributed by atoms with Crippen molar-refractivity contribution in [1.29, 1.82) is 0 Å². The number of hydrogen-bond donors (Lipinski definition) is 3. The van der Waals surface area contributed by atoms with Crippen LogP contribution in [0, 0.1) is 0 Å². The second kappa shape index (κ2) is 4.04. The lowest BCUT2D eigenvalue weighted by atomic mass is 10.1. The van der Waals surface area contributed by atoms with Crippen LogP contribution in [0.3, 0.4) is 0 Å². The van der Waals surface area contributed by atoms with Crippen LogP contribution in [-0.2, 0) is 5.79 Å². The van der Waals surface area contributed by atoms with E-state index < -0.39 is 5.79 Å². The Morgan fingerprint density at radius 3 is 2.75 bits per heavy atom. The van der Waals surface area contributed by atoms with Crippen molar-refractivity contribution in [1.82, 2.24) is 5.32 Å². The van der Waals surface area contributed by atoms with Gasteiger partial charge in [0.1, 0.15) is 0 Å². The average Bonchev–Trinajstić information content (AvgIpc) is 2.15. The van der Waals surface area contributed by atoms with Gasteiger partial charge in [-0.25, -0.2) is 9.98 Å². The molecule has 84 valence electrons. The van der Waals surface area contributed by atoms with E-state index in [0.717, 1.165) is 4.47 Å². The van der Waals surface area contributed by atoms with E-state index in [0.29, 0.717) is 5.56 Å². The van der Waals surface area contributed by atoms with Gasteiger partial charge in [0, 0.05) is 10.0 Å². The lowest BCUT2D eigenvalue weighted by molar-refractivity contribution is 0.487. The summed E-state index contributed by atoms with van der Waals surface area (Å²) < 4.78 is 0.883. The minimum absolute atomic E-state index is 0.120. The van der Waals surface area contributed by atoms with Gasteiger partial charge in [-0.2, -0.15) is 0 Å². The summed E-state index contributed by atoms with van der Waals surface area (Å²) >= 11 is 9.12. The van der Waals surface area contributed by atoms with Gasteiger partial charge in [-0.3, -0.25) is 5.73 Å². The number of nitrogens with zero attached hydrogens (tertiary/aromatic N) is 2. The van der Waals surface area contributed by atoms with Crippen molar-refractivity contribution in [3.63, 3.8) is 0 Å². The molecular formula is C9H9BrClN5. The van der Waals surface area contributed by atoms with Crippen LogP contribution in [0.5, 0.6) is 0 Å². The first-order chi connectivity index (χ1) is 7.49. The first-order valence-corrected chi connectivity index (χ1v) is 5.59. The zero-order valence-corrected chi connectivity index (χ0v) is 10.5. The highest BCUT2D eigenvalue weighted by molar-refractivity contribution is 9.10. The minimum Gasteiger partial charge on any atom is -0.370 e. The van der Waals surface area contributed by atoms with Gasteiger partial charge in [0.2, 0.25) is 11.1 Å². The van der Waals surface area contributed by atoms with Crippen molar-refractivity contribution in [2.24, 2.45) is 21.5 Å². The van der Waals surface area contributed by atoms with Gasteiger partial charge >= 0.3 is 0 Å². The fourth-order valence-corrected chi connectivity index (χ4v) is 1.99. The zero-order chi connectivity index (χ0) is 11.8. The number of aliphatic imine (C=N–C) groups is 2. The molecule has 7 heteroatoms. The minimum atomic E-state index is -1.27. The van der Waals surface area contributed by atoms with Gasteiger partial charge in [-0.15, -0.1) is 0 Å². The fourth-order valence-electron chi connectivity index (χ4n) is 1.37. The van der Waals surface area contributed by atoms with Crippen LogP contribution in [0.25, 0.3) is 0 Å². The van der Waals surface area contributed by atoms with Crippen molar-refractivity contribution < 1.29 is 0 Å². The normalized spacial score (nSPS) is 24.4. The molecule has 0 saturated heterocycles. The molecule has 1 aromatic carbocycles. The monoisotopic (exact) mass is 301 g/mol. The molecule has 2 rings (SSSR count). The molecule has 0 aromatic heterocycles. The van der Waals surface area contributed by atoms with Crippen LogP contribution in [0.4, 0.5) is 0 Å². The topological polar surface area (TPSA) is 88.8 Å². The van der Waals surface area contributed by atoms with Crippen LogP contribution in [0.1, 0.15) is 5.56 Å². The highest BCUT2D eigenvalue weighted by Gasteiger charge is 2.30. The van der Waals surface area contributed by atoms with E-state index in [-0.39, 0.29) is 11.3 Å². The molecule has 1 heterocycles. The SMILES string of the molecule is NC1=NC(N)(c2cccc(Br)c2)N=C(Cl)N1. The Hall–Kier alpha value is -1.11. The molecule has 5 nitrogen and oxygen atoms in total. The molecule has 1 atom stereocenters. The number of rotatable bonds is 1. The van der Waals surface area contributed by atoms with Gasteiger partial charge < -0.3 is 11.1 Å². The molecule has 5 N–H and O–H groups in total. The lowest BCUT2D eigenvalue weighted by Gasteiger charge is -2.25. The molecule has 0 spiro atoms. The molecule has 1 aromatic rings. The van der Waals surface area contributed by atoms with E-state index in [1.54, 1.807) is 6.07 Å². The van der Waals surface area contributed by atoms with E-state index in [1.807, 2.05) is 18.2 Å². The molecule has 0 amide bonds. The smallest absolute Gasteiger partial charge is 0.235 e. The summed E-state index contributed by atoms with van der Waals surface area (Å²) in [4.78, 5) is 8.08. The fraction of sp³-hybridized carbons (Fsp3) is 0.111. The predicted octanol–water partition coefficient (Wildman–Crippen LogP) is 1.03. The maximum absolute atomic E-state index is 6.03. The van der Waals surface area contributed by atoms with Gasteiger partial charge in [0.15, 0.2) is 5.96 Å². The average molecular weight is 303 g/mol. The van der Waals surface area contributed by atoms with Crippen LogP contribution < -0.4 is 16.8 Å². The third-order valence-corrected chi connectivity index (χ3v) is 2.71. The van der Waals surface area contributed by atoms with E-state index in [9.17, 15) is 0 Å². The third kappa shape index (κ3) is 2.18. The van der Waals surface area contributed by atoms with Crippen molar-refractivity contribution in [3.8, 4) is 0 Å². The summed E-state index contributed by atoms with van der Waals surface area (Å²) in [6.07, 6.45) is 0. The summed E-state index contributed by atoms with van der Waals surface area (Å²) in [7, 11) is 0. The predicted molar refractivity (Wildman–Crippen MR) is 68.1 cm³/mol. The molecule has 1 unspecified atom stereocenters. The van der Waals surface area contributed by atoms with Gasteiger partial charge in [-0.1, -0.05) is 28.1 Å². The number of benzene rings is 1. The molecule has 0 bridgehead atoms. The Balaban J connectivity index is 2.49. The lowest BCUT2D eigenvalue weighted by Crippen LogP contribution is -2.46. The van der Waals surface area contributed by atoms with Crippen molar-refractivity contribution >= 4 is 38.8 Å². The second-order valence-corrected chi connectivity index (χ2v) is 4.53. The molecule has 0 aliphatic carbocycles. The summed E-state index contributed by atoms with van der Waals surface area (Å²) in [5.41, 5.74) is 12.3.